The van der Waals surface area contributed by atoms with E-state index in [1.165, 1.54) is 5.06 Å². The smallest absolute Gasteiger partial charge is 0.407 e. The molecule has 0 aromatic rings. The highest BCUT2D eigenvalue weighted by Crippen LogP contribution is 2.15. The summed E-state index contributed by atoms with van der Waals surface area (Å²) >= 11 is 3.15. The van der Waals surface area contributed by atoms with Gasteiger partial charge >= 0.3 is 18.3 Å². The molecule has 3 atom stereocenters. The fourth-order valence-electron chi connectivity index (χ4n) is 3.78. The summed E-state index contributed by atoms with van der Waals surface area (Å²) in [5, 5.41) is 13.9. The summed E-state index contributed by atoms with van der Waals surface area (Å²) in [5.74, 6) is 0.345. The number of nitrogens with zero attached hydrogens (tertiary/aromatic N) is 2. The highest BCUT2D eigenvalue weighted by atomic mass is 79.9. The predicted molar refractivity (Wildman–Crippen MR) is 195 cm³/mol. The molecular weight excluding hydrogens is 752 g/mol. The number of amides is 5. The van der Waals surface area contributed by atoms with Crippen LogP contribution in [0.2, 0.25) is 0 Å². The van der Waals surface area contributed by atoms with Gasteiger partial charge in [-0.15, -0.1) is 0 Å². The molecule has 0 aromatic heterocycles. The van der Waals surface area contributed by atoms with Gasteiger partial charge in [0.05, 0.1) is 45.5 Å². The van der Waals surface area contributed by atoms with Crippen molar-refractivity contribution >= 4 is 51.9 Å². The normalized spacial score (nSPS) is 19.4. The van der Waals surface area contributed by atoms with Gasteiger partial charge in [0, 0.05) is 11.9 Å². The van der Waals surface area contributed by atoms with Crippen molar-refractivity contribution in [1.82, 2.24) is 26.5 Å². The van der Waals surface area contributed by atoms with Crippen molar-refractivity contribution < 1.29 is 57.4 Å². The van der Waals surface area contributed by atoms with Crippen molar-refractivity contribution in [2.24, 2.45) is 5.16 Å². The molecule has 3 heterocycles. The van der Waals surface area contributed by atoms with Crippen LogP contribution in [0.25, 0.3) is 0 Å². The molecule has 5 amide bonds. The van der Waals surface area contributed by atoms with Crippen LogP contribution in [-0.2, 0) is 43.0 Å². The number of nitrogens with one attached hydrogen (secondary N) is 4. The molecule has 4 N–H and O–H groups in total. The standard InChI is InChI=1S/2C11H20N2O4.C9H16N2O4.C2H5Br/c1-5-15-9-6-8(17-13-9)7-12-10(14)16-11(2,3)4;1-5-13-9(14)6-8(17-13)7-12-10(15)16-11(2,3)4;1-9(2,3)14-8(13)10-5-6-4-7(12)11-15-6;1-2-3/h8H,5-7H2,1-4H3,(H,12,14);8H,5-7H2,1-4H3,(H,12,15);6H,4-5H2,1-3H3,(H,10,13)(H,11,12);2H2,1H3. The molecule has 0 bridgehead atoms. The number of alkyl carbamates (subject to hydrolysis) is 3. The van der Waals surface area contributed by atoms with E-state index in [2.05, 4.69) is 42.5 Å². The van der Waals surface area contributed by atoms with E-state index in [1.54, 1.807) is 41.5 Å². The van der Waals surface area contributed by atoms with Crippen LogP contribution >= 0.6 is 15.9 Å². The van der Waals surface area contributed by atoms with Crippen molar-refractivity contribution in [3.63, 3.8) is 0 Å². The number of alkyl halides is 1. The van der Waals surface area contributed by atoms with Crippen LogP contribution in [0.3, 0.4) is 0 Å². The summed E-state index contributed by atoms with van der Waals surface area (Å²) in [6, 6.07) is 0. The van der Waals surface area contributed by atoms with Gasteiger partial charge in [0.25, 0.3) is 0 Å². The van der Waals surface area contributed by atoms with E-state index < -0.39 is 35.1 Å². The second-order valence-electron chi connectivity index (χ2n) is 14.3. The zero-order valence-corrected chi connectivity index (χ0v) is 34.4. The summed E-state index contributed by atoms with van der Waals surface area (Å²) in [4.78, 5) is 71.3. The van der Waals surface area contributed by atoms with Crippen molar-refractivity contribution in [3.05, 3.63) is 0 Å². The lowest BCUT2D eigenvalue weighted by Gasteiger charge is -2.20. The maximum absolute atomic E-state index is 11.4. The van der Waals surface area contributed by atoms with E-state index in [0.29, 0.717) is 38.4 Å². The fourth-order valence-corrected chi connectivity index (χ4v) is 3.78. The Hall–Kier alpha value is -3.58. The topological polar surface area (TPSA) is 214 Å². The SMILES string of the molecule is CC(C)(C)OC(=O)NCC1CC(=O)NO1.CCBr.CCN1OC(CNC(=O)OC(C)(C)C)CC1=O.CCOC1=NOC(CNC(=O)OC(C)(C)C)C1. The summed E-state index contributed by atoms with van der Waals surface area (Å²) < 4.78 is 20.4. The first-order valence-corrected chi connectivity index (χ1v) is 18.4. The molecule has 19 heteroatoms. The van der Waals surface area contributed by atoms with E-state index >= 15 is 0 Å². The van der Waals surface area contributed by atoms with E-state index in [1.807, 2.05) is 41.5 Å². The number of oxime groups is 1. The first kappa shape index (κ1) is 48.4. The number of hydrogen-bond donors (Lipinski definition) is 4. The van der Waals surface area contributed by atoms with Crippen molar-refractivity contribution in [3.8, 4) is 0 Å². The van der Waals surface area contributed by atoms with Crippen LogP contribution < -0.4 is 21.4 Å². The molecule has 52 heavy (non-hydrogen) atoms. The Labute approximate surface area is 316 Å². The van der Waals surface area contributed by atoms with Gasteiger partial charge in [-0.2, -0.15) is 0 Å². The lowest BCUT2D eigenvalue weighted by molar-refractivity contribution is -0.170. The summed E-state index contributed by atoms with van der Waals surface area (Å²) in [6.07, 6.45) is -1.12. The molecule has 3 rings (SSSR count). The van der Waals surface area contributed by atoms with Crippen LogP contribution in [0.15, 0.2) is 5.16 Å². The third kappa shape index (κ3) is 25.4. The van der Waals surface area contributed by atoms with E-state index in [9.17, 15) is 24.0 Å². The largest absolute Gasteiger partial charge is 0.479 e. The Morgan fingerprint density at radius 3 is 1.58 bits per heavy atom. The third-order valence-electron chi connectivity index (χ3n) is 5.63. The average molecular weight is 814 g/mol. The van der Waals surface area contributed by atoms with Gasteiger partial charge in [0.2, 0.25) is 17.7 Å². The fraction of sp³-hybridized carbons (Fsp3) is 0.818. The second-order valence-corrected chi connectivity index (χ2v) is 15.4. The third-order valence-corrected chi connectivity index (χ3v) is 5.63. The molecule has 3 aliphatic rings. The number of halogens is 1. The van der Waals surface area contributed by atoms with Gasteiger partial charge in [-0.1, -0.05) is 28.0 Å². The van der Waals surface area contributed by atoms with Crippen molar-refractivity contribution in [1.29, 1.82) is 0 Å². The molecule has 0 aromatic carbocycles. The molecule has 3 aliphatic heterocycles. The maximum atomic E-state index is 11.4. The Kier molecular flexibility index (Phi) is 22.2. The molecule has 3 unspecified atom stereocenters. The molecule has 2 fully saturated rings. The number of hydroxylamine groups is 3. The minimum Gasteiger partial charge on any atom is -0.479 e. The number of carbonyl (C=O) groups is 5. The van der Waals surface area contributed by atoms with E-state index in [-0.39, 0.29) is 49.6 Å². The van der Waals surface area contributed by atoms with E-state index in [0.717, 1.165) is 5.33 Å². The quantitative estimate of drug-likeness (QED) is 0.198. The maximum Gasteiger partial charge on any atom is 0.407 e. The van der Waals surface area contributed by atoms with Crippen LogP contribution in [0.4, 0.5) is 14.4 Å². The average Bonchev–Trinajstić information content (AvgIpc) is 3.72. The minimum absolute atomic E-state index is 0.0523. The zero-order valence-electron chi connectivity index (χ0n) is 32.8. The summed E-state index contributed by atoms with van der Waals surface area (Å²) in [6.45, 7) is 23.9. The Bertz CT molecular complexity index is 1150. The van der Waals surface area contributed by atoms with Gasteiger partial charge in [-0.25, -0.2) is 24.9 Å². The van der Waals surface area contributed by atoms with Crippen LogP contribution in [0.1, 0.15) is 102 Å². The summed E-state index contributed by atoms with van der Waals surface area (Å²) in [5.41, 5.74) is 0.677. The van der Waals surface area contributed by atoms with E-state index in [4.69, 9.17) is 33.5 Å². The predicted octanol–water partition coefficient (Wildman–Crippen LogP) is 4.45. The highest BCUT2D eigenvalue weighted by Gasteiger charge is 2.31. The molecule has 2 saturated heterocycles. The molecule has 18 nitrogen and oxygen atoms in total. The van der Waals surface area contributed by atoms with Gasteiger partial charge in [0.15, 0.2) is 6.10 Å². The molecule has 0 saturated carbocycles. The first-order valence-electron chi connectivity index (χ1n) is 17.2. The molecule has 0 radical (unpaired) electrons. The highest BCUT2D eigenvalue weighted by molar-refractivity contribution is 9.09. The van der Waals surface area contributed by atoms with Crippen LogP contribution in [-0.4, -0.2) is 114 Å². The minimum atomic E-state index is -0.522. The molecule has 302 valence electrons. The van der Waals surface area contributed by atoms with Gasteiger partial charge < -0.3 is 39.7 Å². The molecule has 0 spiro atoms. The number of ether oxygens (including phenoxy) is 4. The first-order chi connectivity index (χ1) is 24.0. The molecular formula is C33H61BrN6O12. The van der Waals surface area contributed by atoms with Gasteiger partial charge in [-0.05, 0) is 76.2 Å². The summed E-state index contributed by atoms with van der Waals surface area (Å²) in [7, 11) is 0. The number of hydrogen-bond acceptors (Lipinski definition) is 13. The number of carbonyl (C=O) groups excluding carboxylic acids is 5. The monoisotopic (exact) mass is 812 g/mol. The lowest BCUT2D eigenvalue weighted by Crippen LogP contribution is -2.37. The van der Waals surface area contributed by atoms with Gasteiger partial charge in [0.1, 0.15) is 29.0 Å². The lowest BCUT2D eigenvalue weighted by atomic mass is 10.2. The Morgan fingerprint density at radius 2 is 1.21 bits per heavy atom. The zero-order chi connectivity index (χ0) is 40.1. The van der Waals surface area contributed by atoms with Crippen LogP contribution in [0, 0.1) is 0 Å². The Balaban J connectivity index is 0.000000723. The van der Waals surface area contributed by atoms with Crippen LogP contribution in [0.5, 0.6) is 0 Å². The second kappa shape index (κ2) is 23.9. The Morgan fingerprint density at radius 1 is 0.769 bits per heavy atom. The van der Waals surface area contributed by atoms with Gasteiger partial charge in [-0.3, -0.25) is 19.3 Å². The molecule has 0 aliphatic carbocycles. The van der Waals surface area contributed by atoms with Crippen molar-refractivity contribution in [2.45, 2.75) is 137 Å². The number of rotatable bonds is 8. The van der Waals surface area contributed by atoms with Crippen molar-refractivity contribution in [2.75, 3.05) is 38.1 Å².